The van der Waals surface area contributed by atoms with Gasteiger partial charge < -0.3 is 25.2 Å². The van der Waals surface area contributed by atoms with Gasteiger partial charge in [0.15, 0.2) is 0 Å². The van der Waals surface area contributed by atoms with E-state index in [1.807, 2.05) is 4.90 Å². The maximum Gasteiger partial charge on any atom is 0.255 e. The second-order valence-corrected chi connectivity index (χ2v) is 8.48. The highest BCUT2D eigenvalue weighted by Gasteiger charge is 2.50. The number of carbonyl (C=O) groups is 2. The summed E-state index contributed by atoms with van der Waals surface area (Å²) >= 11 is 6.01. The lowest BCUT2D eigenvalue weighted by atomic mass is 9.85. The Morgan fingerprint density at radius 3 is 2.62 bits per heavy atom. The van der Waals surface area contributed by atoms with E-state index in [0.717, 1.165) is 18.8 Å². The normalized spacial score (nSPS) is 18.0. The topological polar surface area (TPSA) is 73.9 Å². The molecule has 0 saturated carbocycles. The second-order valence-electron chi connectivity index (χ2n) is 8.04. The van der Waals surface area contributed by atoms with Crippen molar-refractivity contribution in [3.63, 3.8) is 0 Å². The van der Waals surface area contributed by atoms with E-state index >= 15 is 0 Å². The van der Waals surface area contributed by atoms with Crippen LogP contribution in [0.2, 0.25) is 5.02 Å². The van der Waals surface area contributed by atoms with Gasteiger partial charge in [0, 0.05) is 36.9 Å². The van der Waals surface area contributed by atoms with Gasteiger partial charge in [0.2, 0.25) is 5.91 Å². The highest BCUT2D eigenvalue weighted by atomic mass is 35.5. The van der Waals surface area contributed by atoms with Crippen molar-refractivity contribution in [3.05, 3.63) is 58.9 Å². The van der Waals surface area contributed by atoms with Gasteiger partial charge >= 0.3 is 0 Å². The van der Waals surface area contributed by atoms with Crippen LogP contribution in [0.15, 0.2) is 42.5 Å². The van der Waals surface area contributed by atoms with E-state index in [1.165, 1.54) is 19.2 Å². The minimum atomic E-state index is -0.619. The molecule has 2 amide bonds. The van der Waals surface area contributed by atoms with Crippen LogP contribution in [0, 0.1) is 5.82 Å². The fourth-order valence-corrected chi connectivity index (χ4v) is 4.64. The van der Waals surface area contributed by atoms with Crippen molar-refractivity contribution < 1.29 is 18.7 Å². The first kappa shape index (κ1) is 22.4. The third-order valence-electron chi connectivity index (χ3n) is 6.28. The maximum absolute atomic E-state index is 13.3. The smallest absolute Gasteiger partial charge is 0.255 e. The zero-order valence-electron chi connectivity index (χ0n) is 17.9. The number of methoxy groups -OCH3 is 1. The van der Waals surface area contributed by atoms with E-state index in [2.05, 4.69) is 15.5 Å². The number of nitrogens with one attached hydrogen (secondary N) is 2. The van der Waals surface area contributed by atoms with Crippen LogP contribution in [0.5, 0.6) is 5.75 Å². The largest absolute Gasteiger partial charge is 0.496 e. The van der Waals surface area contributed by atoms with Crippen molar-refractivity contribution in [3.8, 4) is 5.75 Å². The van der Waals surface area contributed by atoms with Crippen LogP contribution in [-0.2, 0) is 4.79 Å². The Hall–Kier alpha value is -2.84. The van der Waals surface area contributed by atoms with Crippen LogP contribution in [0.1, 0.15) is 23.2 Å². The summed E-state index contributed by atoms with van der Waals surface area (Å²) < 4.78 is 18.6. The van der Waals surface area contributed by atoms with Gasteiger partial charge in [-0.05, 0) is 55.3 Å². The minimum Gasteiger partial charge on any atom is -0.496 e. The van der Waals surface area contributed by atoms with Gasteiger partial charge in [0.05, 0.1) is 19.3 Å². The number of carbonyl (C=O) groups excluding carboxylic acids is 2. The summed E-state index contributed by atoms with van der Waals surface area (Å²) in [6, 6.07) is 11.2. The molecule has 0 aliphatic carbocycles. The van der Waals surface area contributed by atoms with Crippen molar-refractivity contribution in [2.24, 2.45) is 0 Å². The number of rotatable bonds is 6. The van der Waals surface area contributed by atoms with E-state index in [4.69, 9.17) is 16.3 Å². The number of halogens is 2. The Balaban J connectivity index is 1.33. The summed E-state index contributed by atoms with van der Waals surface area (Å²) in [6.07, 6.45) is 1.32. The molecular formula is C23H26ClFN4O3. The molecule has 2 aliphatic heterocycles. The van der Waals surface area contributed by atoms with Crippen molar-refractivity contribution in [1.29, 1.82) is 0 Å². The highest BCUT2D eigenvalue weighted by molar-refractivity contribution is 6.31. The van der Waals surface area contributed by atoms with Crippen molar-refractivity contribution in [1.82, 2.24) is 15.5 Å². The van der Waals surface area contributed by atoms with E-state index in [-0.39, 0.29) is 17.6 Å². The Morgan fingerprint density at radius 1 is 1.22 bits per heavy atom. The number of hydrogen-bond acceptors (Lipinski definition) is 5. The molecule has 0 unspecified atom stereocenters. The van der Waals surface area contributed by atoms with Gasteiger partial charge in [-0.15, -0.1) is 0 Å². The van der Waals surface area contributed by atoms with Gasteiger partial charge in [0.1, 0.15) is 17.1 Å². The summed E-state index contributed by atoms with van der Waals surface area (Å²) in [5, 5.41) is 6.33. The molecule has 1 spiro atoms. The van der Waals surface area contributed by atoms with Crippen LogP contribution in [0.4, 0.5) is 10.1 Å². The fourth-order valence-electron chi connectivity index (χ4n) is 4.47. The average molecular weight is 461 g/mol. The quantitative estimate of drug-likeness (QED) is 0.693. The molecule has 2 saturated heterocycles. The first-order valence-corrected chi connectivity index (χ1v) is 11.0. The number of ether oxygens (including phenoxy) is 1. The monoisotopic (exact) mass is 460 g/mol. The molecule has 4 rings (SSSR count). The predicted octanol–water partition coefficient (Wildman–Crippen LogP) is 2.65. The van der Waals surface area contributed by atoms with E-state index in [9.17, 15) is 14.0 Å². The summed E-state index contributed by atoms with van der Waals surface area (Å²) in [4.78, 5) is 29.5. The maximum atomic E-state index is 13.3. The first-order valence-electron chi connectivity index (χ1n) is 10.6. The standard InChI is InChI=1S/C23H26ClFN4O3/c1-32-20-7-2-16(24)14-19(20)21(30)26-10-13-28-11-8-23(9-12-28)22(31)27-15-29(23)18-5-3-17(25)4-6-18/h2-7,14H,8-13,15H2,1H3,(H,26,30)(H,27,31). The fraction of sp³-hybridized carbons (Fsp3) is 0.391. The van der Waals surface area contributed by atoms with Gasteiger partial charge in [-0.1, -0.05) is 11.6 Å². The molecule has 0 aromatic heterocycles. The number of nitrogens with zero attached hydrogens (tertiary/aromatic N) is 2. The molecular weight excluding hydrogens is 435 g/mol. The number of piperidine rings is 1. The molecule has 0 atom stereocenters. The zero-order chi connectivity index (χ0) is 22.7. The number of benzene rings is 2. The SMILES string of the molecule is COc1ccc(Cl)cc1C(=O)NCCN1CCC2(CC1)C(=O)NCN2c1ccc(F)cc1. The molecule has 7 nitrogen and oxygen atoms in total. The summed E-state index contributed by atoms with van der Waals surface area (Å²) in [5.41, 5.74) is 0.613. The number of likely N-dealkylation sites (tertiary alicyclic amines) is 1. The van der Waals surface area contributed by atoms with Gasteiger partial charge in [-0.2, -0.15) is 0 Å². The Bertz CT molecular complexity index is 993. The molecule has 2 aromatic carbocycles. The third-order valence-corrected chi connectivity index (χ3v) is 6.51. The lowest BCUT2D eigenvalue weighted by Crippen LogP contribution is -2.57. The Morgan fingerprint density at radius 2 is 1.94 bits per heavy atom. The second kappa shape index (κ2) is 9.34. The van der Waals surface area contributed by atoms with E-state index < -0.39 is 5.54 Å². The third kappa shape index (κ3) is 4.38. The van der Waals surface area contributed by atoms with Gasteiger partial charge in [-0.25, -0.2) is 4.39 Å². The summed E-state index contributed by atoms with van der Waals surface area (Å²) in [7, 11) is 1.51. The number of hydrogen-bond donors (Lipinski definition) is 2. The Kier molecular flexibility index (Phi) is 6.53. The lowest BCUT2D eigenvalue weighted by molar-refractivity contribution is -0.125. The molecule has 2 aromatic rings. The molecule has 0 bridgehead atoms. The predicted molar refractivity (Wildman–Crippen MR) is 121 cm³/mol. The molecule has 2 fully saturated rings. The van der Waals surface area contributed by atoms with Gasteiger partial charge in [0.25, 0.3) is 5.91 Å². The van der Waals surface area contributed by atoms with Crippen LogP contribution in [0.3, 0.4) is 0 Å². The van der Waals surface area contributed by atoms with Crippen molar-refractivity contribution >= 4 is 29.1 Å². The zero-order valence-corrected chi connectivity index (χ0v) is 18.6. The molecule has 2 heterocycles. The minimum absolute atomic E-state index is 0.0165. The van der Waals surface area contributed by atoms with E-state index in [1.54, 1.807) is 30.3 Å². The van der Waals surface area contributed by atoms with Gasteiger partial charge in [-0.3, -0.25) is 9.59 Å². The van der Waals surface area contributed by atoms with Crippen LogP contribution >= 0.6 is 11.6 Å². The molecule has 2 aliphatic rings. The molecule has 2 N–H and O–H groups in total. The van der Waals surface area contributed by atoms with Crippen LogP contribution < -0.4 is 20.3 Å². The molecule has 170 valence electrons. The molecule has 9 heteroatoms. The molecule has 32 heavy (non-hydrogen) atoms. The summed E-state index contributed by atoms with van der Waals surface area (Å²) in [6.45, 7) is 3.00. The lowest BCUT2D eigenvalue weighted by Gasteiger charge is -2.43. The summed E-state index contributed by atoms with van der Waals surface area (Å²) in [5.74, 6) is -0.0493. The molecule has 0 radical (unpaired) electrons. The average Bonchev–Trinajstić information content (AvgIpc) is 3.11. The van der Waals surface area contributed by atoms with Crippen molar-refractivity contribution in [2.45, 2.75) is 18.4 Å². The number of anilines is 1. The van der Waals surface area contributed by atoms with Crippen LogP contribution in [0.25, 0.3) is 0 Å². The van der Waals surface area contributed by atoms with Crippen molar-refractivity contribution in [2.75, 3.05) is 44.9 Å². The van der Waals surface area contributed by atoms with Crippen LogP contribution in [-0.4, -0.2) is 62.2 Å². The number of amides is 2. The highest BCUT2D eigenvalue weighted by Crippen LogP contribution is 2.36. The Labute approximate surface area is 191 Å². The van der Waals surface area contributed by atoms with E-state index in [0.29, 0.717) is 48.9 Å². The first-order chi connectivity index (χ1) is 15.4.